The Morgan fingerprint density at radius 1 is 1.13 bits per heavy atom. The standard InChI is InChI=1S/C16H12FN3OS2/c17-12-8-4-5-9-13(12)18-14(21)10-22-16-15(19-20-23-16)11-6-2-1-3-7-11/h1-9H,10H2,(H,18,21). The van der Waals surface area contributed by atoms with Crippen molar-refractivity contribution in [3.8, 4) is 11.3 Å². The van der Waals surface area contributed by atoms with E-state index in [1.54, 1.807) is 12.1 Å². The van der Waals surface area contributed by atoms with Crippen LogP contribution in [0.4, 0.5) is 10.1 Å². The van der Waals surface area contributed by atoms with Crippen LogP contribution in [0, 0.1) is 5.82 Å². The lowest BCUT2D eigenvalue weighted by Crippen LogP contribution is -2.14. The predicted octanol–water partition coefficient (Wildman–Crippen LogP) is 4.08. The van der Waals surface area contributed by atoms with E-state index in [1.807, 2.05) is 30.3 Å². The summed E-state index contributed by atoms with van der Waals surface area (Å²) in [6.45, 7) is 0. The van der Waals surface area contributed by atoms with E-state index in [0.29, 0.717) is 0 Å². The number of aromatic nitrogens is 2. The molecule has 1 aromatic heterocycles. The van der Waals surface area contributed by atoms with Gasteiger partial charge in [0.1, 0.15) is 15.7 Å². The molecule has 7 heteroatoms. The number of carbonyl (C=O) groups excluding carboxylic acids is 1. The third-order valence-corrected chi connectivity index (χ3v) is 4.95. The Morgan fingerprint density at radius 3 is 2.65 bits per heavy atom. The average Bonchev–Trinajstić information content (AvgIpc) is 3.04. The fourth-order valence-corrected chi connectivity index (χ4v) is 3.49. The largest absolute Gasteiger partial charge is 0.323 e. The maximum absolute atomic E-state index is 13.5. The van der Waals surface area contributed by atoms with Gasteiger partial charge in [-0.2, -0.15) is 0 Å². The SMILES string of the molecule is O=C(CSc1snnc1-c1ccccc1)Nc1ccccc1F. The number of hydrogen-bond acceptors (Lipinski definition) is 5. The van der Waals surface area contributed by atoms with Gasteiger partial charge in [0.15, 0.2) is 0 Å². The molecule has 116 valence electrons. The molecule has 0 unspecified atom stereocenters. The molecular formula is C16H12FN3OS2. The third kappa shape index (κ3) is 3.94. The van der Waals surface area contributed by atoms with Gasteiger partial charge in [0, 0.05) is 5.56 Å². The molecule has 3 rings (SSSR count). The van der Waals surface area contributed by atoms with Crippen molar-refractivity contribution in [3.63, 3.8) is 0 Å². The second kappa shape index (κ2) is 7.34. The number of carbonyl (C=O) groups is 1. The topological polar surface area (TPSA) is 54.9 Å². The number of nitrogens with zero attached hydrogens (tertiary/aromatic N) is 2. The van der Waals surface area contributed by atoms with Gasteiger partial charge in [-0.1, -0.05) is 47.0 Å². The van der Waals surface area contributed by atoms with Crippen molar-refractivity contribution in [1.29, 1.82) is 0 Å². The van der Waals surface area contributed by atoms with Crippen LogP contribution in [-0.4, -0.2) is 21.2 Å². The van der Waals surface area contributed by atoms with Crippen molar-refractivity contribution in [2.75, 3.05) is 11.1 Å². The Labute approximate surface area is 140 Å². The number of halogens is 1. The smallest absolute Gasteiger partial charge is 0.234 e. The van der Waals surface area contributed by atoms with E-state index < -0.39 is 5.82 Å². The van der Waals surface area contributed by atoms with Crippen LogP contribution in [0.1, 0.15) is 0 Å². The number of hydrogen-bond donors (Lipinski definition) is 1. The number of para-hydroxylation sites is 1. The summed E-state index contributed by atoms with van der Waals surface area (Å²) in [6.07, 6.45) is 0. The first-order chi connectivity index (χ1) is 11.2. The molecule has 0 aliphatic carbocycles. The van der Waals surface area contributed by atoms with Crippen molar-refractivity contribution in [2.45, 2.75) is 4.21 Å². The van der Waals surface area contributed by atoms with Crippen LogP contribution in [0.3, 0.4) is 0 Å². The van der Waals surface area contributed by atoms with Gasteiger partial charge in [0.05, 0.1) is 11.4 Å². The Bertz CT molecular complexity index is 808. The summed E-state index contributed by atoms with van der Waals surface area (Å²) in [5.41, 5.74) is 1.90. The van der Waals surface area contributed by atoms with E-state index in [-0.39, 0.29) is 17.3 Å². The van der Waals surface area contributed by atoms with Gasteiger partial charge in [-0.15, -0.1) is 16.9 Å². The lowest BCUT2D eigenvalue weighted by Gasteiger charge is -2.05. The lowest BCUT2D eigenvalue weighted by molar-refractivity contribution is -0.113. The van der Waals surface area contributed by atoms with Gasteiger partial charge in [0.2, 0.25) is 5.91 Å². The first kappa shape index (κ1) is 15.6. The second-order valence-electron chi connectivity index (χ2n) is 4.59. The zero-order chi connectivity index (χ0) is 16.1. The number of thioether (sulfide) groups is 1. The monoisotopic (exact) mass is 345 g/mol. The van der Waals surface area contributed by atoms with E-state index >= 15 is 0 Å². The van der Waals surface area contributed by atoms with Crippen LogP contribution in [-0.2, 0) is 4.79 Å². The molecule has 23 heavy (non-hydrogen) atoms. The van der Waals surface area contributed by atoms with E-state index in [0.717, 1.165) is 15.5 Å². The van der Waals surface area contributed by atoms with Gasteiger partial charge < -0.3 is 5.32 Å². The average molecular weight is 345 g/mol. The lowest BCUT2D eigenvalue weighted by atomic mass is 10.2. The van der Waals surface area contributed by atoms with Crippen molar-refractivity contribution in [2.24, 2.45) is 0 Å². The fraction of sp³-hybridized carbons (Fsp3) is 0.0625. The first-order valence-corrected chi connectivity index (χ1v) is 8.55. The first-order valence-electron chi connectivity index (χ1n) is 6.79. The molecule has 1 heterocycles. The van der Waals surface area contributed by atoms with Crippen LogP contribution in [0.15, 0.2) is 58.8 Å². The molecule has 0 aliphatic rings. The quantitative estimate of drug-likeness (QED) is 0.708. The van der Waals surface area contributed by atoms with Gasteiger partial charge in [-0.25, -0.2) is 4.39 Å². The van der Waals surface area contributed by atoms with E-state index in [1.165, 1.54) is 35.4 Å². The summed E-state index contributed by atoms with van der Waals surface area (Å²) < 4.78 is 18.3. The van der Waals surface area contributed by atoms with E-state index in [9.17, 15) is 9.18 Å². The third-order valence-electron chi connectivity index (χ3n) is 2.99. The Kier molecular flexibility index (Phi) is 4.99. The zero-order valence-corrected chi connectivity index (χ0v) is 13.5. The molecule has 4 nitrogen and oxygen atoms in total. The molecule has 0 saturated heterocycles. The molecule has 2 aromatic carbocycles. The van der Waals surface area contributed by atoms with Gasteiger partial charge in [-0.3, -0.25) is 4.79 Å². The minimum atomic E-state index is -0.449. The van der Waals surface area contributed by atoms with Crippen molar-refractivity contribution in [3.05, 3.63) is 60.4 Å². The van der Waals surface area contributed by atoms with Gasteiger partial charge >= 0.3 is 0 Å². The van der Waals surface area contributed by atoms with Crippen LogP contribution < -0.4 is 5.32 Å². The van der Waals surface area contributed by atoms with Crippen LogP contribution in [0.25, 0.3) is 11.3 Å². The van der Waals surface area contributed by atoms with Gasteiger partial charge in [0.25, 0.3) is 0 Å². The highest BCUT2D eigenvalue weighted by Gasteiger charge is 2.13. The fourth-order valence-electron chi connectivity index (χ4n) is 1.93. The number of nitrogens with one attached hydrogen (secondary N) is 1. The molecule has 1 amide bonds. The minimum Gasteiger partial charge on any atom is -0.323 e. The van der Waals surface area contributed by atoms with Crippen LogP contribution >= 0.6 is 23.3 Å². The highest BCUT2D eigenvalue weighted by atomic mass is 32.2. The molecular weight excluding hydrogens is 333 g/mol. The molecule has 0 saturated carbocycles. The summed E-state index contributed by atoms with van der Waals surface area (Å²) in [5, 5.41) is 6.68. The van der Waals surface area contributed by atoms with E-state index in [2.05, 4.69) is 14.9 Å². The maximum Gasteiger partial charge on any atom is 0.234 e. The normalized spacial score (nSPS) is 10.5. The summed E-state index contributed by atoms with van der Waals surface area (Å²) in [4.78, 5) is 12.0. The Hall–Kier alpha value is -2.25. The van der Waals surface area contributed by atoms with Crippen LogP contribution in [0.5, 0.6) is 0 Å². The summed E-state index contributed by atoms with van der Waals surface area (Å²) in [5.74, 6) is -0.555. The van der Waals surface area contributed by atoms with Gasteiger partial charge in [-0.05, 0) is 23.7 Å². The molecule has 0 fully saturated rings. The summed E-state index contributed by atoms with van der Waals surface area (Å²) in [6, 6.07) is 15.8. The van der Waals surface area contributed by atoms with Crippen LogP contribution in [0.2, 0.25) is 0 Å². The van der Waals surface area contributed by atoms with Crippen molar-refractivity contribution < 1.29 is 9.18 Å². The highest BCUT2D eigenvalue weighted by Crippen LogP contribution is 2.32. The molecule has 0 spiro atoms. The summed E-state index contributed by atoms with van der Waals surface area (Å²) in [7, 11) is 0. The molecule has 0 atom stereocenters. The molecule has 3 aromatic rings. The second-order valence-corrected chi connectivity index (χ2v) is 6.59. The Balaban J connectivity index is 1.64. The van der Waals surface area contributed by atoms with Crippen molar-refractivity contribution >= 4 is 34.9 Å². The molecule has 0 radical (unpaired) electrons. The molecule has 1 N–H and O–H groups in total. The zero-order valence-electron chi connectivity index (χ0n) is 11.9. The minimum absolute atomic E-state index is 0.165. The summed E-state index contributed by atoms with van der Waals surface area (Å²) >= 11 is 2.58. The Morgan fingerprint density at radius 2 is 1.87 bits per heavy atom. The number of rotatable bonds is 5. The maximum atomic E-state index is 13.5. The number of anilines is 1. The number of benzene rings is 2. The predicted molar refractivity (Wildman–Crippen MR) is 91.1 cm³/mol. The molecule has 0 bridgehead atoms. The van der Waals surface area contributed by atoms with E-state index in [4.69, 9.17) is 0 Å². The highest BCUT2D eigenvalue weighted by molar-refractivity contribution is 8.01. The molecule has 0 aliphatic heterocycles. The van der Waals surface area contributed by atoms with Crippen molar-refractivity contribution in [1.82, 2.24) is 9.59 Å². The number of amides is 1.